The molecule has 0 heterocycles. The van der Waals surface area contributed by atoms with Crippen LogP contribution in [0.25, 0.3) is 0 Å². The first-order chi connectivity index (χ1) is 14.8. The van der Waals surface area contributed by atoms with E-state index in [4.69, 9.17) is 11.6 Å². The molecule has 0 aliphatic carbocycles. The van der Waals surface area contributed by atoms with Crippen LogP contribution in [-0.2, 0) is 14.8 Å². The Bertz CT molecular complexity index is 1210. The highest BCUT2D eigenvalue weighted by atomic mass is 35.5. The van der Waals surface area contributed by atoms with E-state index in [1.54, 1.807) is 30.3 Å². The smallest absolute Gasteiger partial charge is 0.264 e. The molecule has 0 aliphatic heterocycles. The third-order valence-electron chi connectivity index (χ3n) is 4.44. The number of amides is 1. The van der Waals surface area contributed by atoms with Gasteiger partial charge in [-0.1, -0.05) is 65.2 Å². The first-order valence-corrected chi connectivity index (χ1v) is 11.3. The maximum atomic E-state index is 13.3. The van der Waals surface area contributed by atoms with Gasteiger partial charge >= 0.3 is 0 Å². The van der Waals surface area contributed by atoms with Crippen LogP contribution in [0.15, 0.2) is 82.8 Å². The van der Waals surface area contributed by atoms with E-state index in [1.165, 1.54) is 24.4 Å². The Hall–Kier alpha value is -3.16. The molecule has 3 aromatic carbocycles. The highest BCUT2D eigenvalue weighted by molar-refractivity contribution is 7.92. The van der Waals surface area contributed by atoms with Crippen molar-refractivity contribution in [2.45, 2.75) is 18.7 Å². The lowest BCUT2D eigenvalue weighted by molar-refractivity contribution is -0.119. The Kier molecular flexibility index (Phi) is 7.09. The van der Waals surface area contributed by atoms with E-state index in [0.29, 0.717) is 5.02 Å². The number of benzene rings is 3. The van der Waals surface area contributed by atoms with Gasteiger partial charge in [-0.3, -0.25) is 9.10 Å². The van der Waals surface area contributed by atoms with Gasteiger partial charge in [0.1, 0.15) is 6.54 Å². The van der Waals surface area contributed by atoms with Crippen LogP contribution in [0.1, 0.15) is 16.7 Å². The lowest BCUT2D eigenvalue weighted by Gasteiger charge is -2.24. The second kappa shape index (κ2) is 9.76. The molecule has 1 amide bonds. The Morgan fingerprint density at radius 1 is 1.00 bits per heavy atom. The molecule has 0 unspecified atom stereocenters. The van der Waals surface area contributed by atoms with E-state index in [0.717, 1.165) is 21.0 Å². The highest BCUT2D eigenvalue weighted by Gasteiger charge is 2.27. The number of halogens is 1. The predicted octanol–water partition coefficient (Wildman–Crippen LogP) is 4.30. The van der Waals surface area contributed by atoms with Gasteiger partial charge in [0.2, 0.25) is 0 Å². The van der Waals surface area contributed by atoms with E-state index in [9.17, 15) is 13.2 Å². The first kappa shape index (κ1) is 22.5. The molecule has 31 heavy (non-hydrogen) atoms. The number of hydrogen-bond acceptors (Lipinski definition) is 4. The SMILES string of the molecule is Cc1ccc(S(=O)(=O)N(CC(=O)N/N=C\c2cccc(C)c2)c2cccc(Cl)c2)cc1. The van der Waals surface area contributed by atoms with Crippen molar-refractivity contribution in [3.63, 3.8) is 0 Å². The van der Waals surface area contributed by atoms with Gasteiger partial charge in [-0.05, 0) is 49.7 Å². The van der Waals surface area contributed by atoms with Gasteiger partial charge in [0.05, 0.1) is 16.8 Å². The average Bonchev–Trinajstić information content (AvgIpc) is 2.72. The molecule has 1 N–H and O–H groups in total. The normalized spacial score (nSPS) is 11.5. The van der Waals surface area contributed by atoms with E-state index in [-0.39, 0.29) is 10.6 Å². The van der Waals surface area contributed by atoms with E-state index in [1.807, 2.05) is 38.1 Å². The van der Waals surface area contributed by atoms with Crippen LogP contribution in [-0.4, -0.2) is 27.1 Å². The molecule has 0 fully saturated rings. The van der Waals surface area contributed by atoms with Crippen molar-refractivity contribution in [2.75, 3.05) is 10.8 Å². The molecule has 3 aromatic rings. The quantitative estimate of drug-likeness (QED) is 0.426. The molecular formula is C23H22ClN3O3S. The molecule has 0 bridgehead atoms. The number of nitrogens with one attached hydrogen (secondary N) is 1. The topological polar surface area (TPSA) is 78.8 Å². The lowest BCUT2D eigenvalue weighted by atomic mass is 10.2. The minimum atomic E-state index is -4.00. The third kappa shape index (κ3) is 5.93. The molecule has 8 heteroatoms. The minimum Gasteiger partial charge on any atom is -0.271 e. The summed E-state index contributed by atoms with van der Waals surface area (Å²) in [7, 11) is -4.00. The summed E-state index contributed by atoms with van der Waals surface area (Å²) in [6.45, 7) is 3.36. The van der Waals surface area contributed by atoms with Gasteiger partial charge in [-0.2, -0.15) is 5.10 Å². The number of nitrogens with zero attached hydrogens (tertiary/aromatic N) is 2. The third-order valence-corrected chi connectivity index (χ3v) is 6.46. The van der Waals surface area contributed by atoms with E-state index in [2.05, 4.69) is 10.5 Å². The van der Waals surface area contributed by atoms with Crippen molar-refractivity contribution in [1.29, 1.82) is 0 Å². The van der Waals surface area contributed by atoms with Gasteiger partial charge in [-0.15, -0.1) is 0 Å². The van der Waals surface area contributed by atoms with Crippen molar-refractivity contribution in [3.05, 3.63) is 94.5 Å². The number of anilines is 1. The summed E-state index contributed by atoms with van der Waals surface area (Å²) in [5.41, 5.74) is 5.48. The maximum Gasteiger partial charge on any atom is 0.264 e. The maximum absolute atomic E-state index is 13.3. The van der Waals surface area contributed by atoms with Gasteiger partial charge in [-0.25, -0.2) is 13.8 Å². The van der Waals surface area contributed by atoms with Gasteiger partial charge < -0.3 is 0 Å². The Labute approximate surface area is 187 Å². The molecule has 0 radical (unpaired) electrons. The van der Waals surface area contributed by atoms with Crippen LogP contribution in [0.3, 0.4) is 0 Å². The van der Waals surface area contributed by atoms with Crippen LogP contribution in [0, 0.1) is 13.8 Å². The molecule has 0 aliphatic rings. The standard InChI is InChI=1S/C23H22ClN3O3S/c1-17-9-11-22(12-10-17)31(29,30)27(21-8-4-7-20(24)14-21)16-23(28)26-25-15-19-6-3-5-18(2)13-19/h3-15H,16H2,1-2H3,(H,26,28)/b25-15-. The fourth-order valence-corrected chi connectivity index (χ4v) is 4.48. The molecule has 160 valence electrons. The van der Waals surface area contributed by atoms with Crippen molar-refractivity contribution in [1.82, 2.24) is 5.43 Å². The van der Waals surface area contributed by atoms with Crippen LogP contribution in [0.2, 0.25) is 5.02 Å². The Morgan fingerprint density at radius 2 is 1.71 bits per heavy atom. The summed E-state index contributed by atoms with van der Waals surface area (Å²) < 4.78 is 27.6. The van der Waals surface area contributed by atoms with Crippen molar-refractivity contribution in [3.8, 4) is 0 Å². The number of hydrazone groups is 1. The second-order valence-electron chi connectivity index (χ2n) is 7.01. The largest absolute Gasteiger partial charge is 0.271 e. The van der Waals surface area contributed by atoms with E-state index < -0.39 is 22.5 Å². The summed E-state index contributed by atoms with van der Waals surface area (Å²) >= 11 is 6.06. The first-order valence-electron chi connectivity index (χ1n) is 9.49. The van der Waals surface area contributed by atoms with Gasteiger partial charge in [0.25, 0.3) is 15.9 Å². The number of carbonyl (C=O) groups excluding carboxylic acids is 1. The Morgan fingerprint density at radius 3 is 2.39 bits per heavy atom. The van der Waals surface area contributed by atoms with Crippen molar-refractivity contribution < 1.29 is 13.2 Å². The number of aryl methyl sites for hydroxylation is 2. The summed E-state index contributed by atoms with van der Waals surface area (Å²) in [6.07, 6.45) is 1.50. The van der Waals surface area contributed by atoms with Crippen LogP contribution < -0.4 is 9.73 Å². The summed E-state index contributed by atoms with van der Waals surface area (Å²) in [6, 6.07) is 20.4. The zero-order chi connectivity index (χ0) is 22.4. The Balaban J connectivity index is 1.84. The molecule has 0 spiro atoms. The summed E-state index contributed by atoms with van der Waals surface area (Å²) in [5.74, 6) is -0.584. The molecule has 0 aromatic heterocycles. The number of sulfonamides is 1. The summed E-state index contributed by atoms with van der Waals surface area (Å²) in [4.78, 5) is 12.6. The lowest BCUT2D eigenvalue weighted by Crippen LogP contribution is -2.39. The second-order valence-corrected chi connectivity index (χ2v) is 9.31. The van der Waals surface area contributed by atoms with Crippen LogP contribution in [0.5, 0.6) is 0 Å². The number of carbonyl (C=O) groups is 1. The molecule has 0 saturated heterocycles. The molecular weight excluding hydrogens is 434 g/mol. The molecule has 0 atom stereocenters. The average molecular weight is 456 g/mol. The fraction of sp³-hybridized carbons (Fsp3) is 0.130. The number of hydrogen-bond donors (Lipinski definition) is 1. The van der Waals surface area contributed by atoms with E-state index >= 15 is 0 Å². The van der Waals surface area contributed by atoms with Crippen LogP contribution in [0.4, 0.5) is 5.69 Å². The van der Waals surface area contributed by atoms with Crippen LogP contribution >= 0.6 is 11.6 Å². The van der Waals surface area contributed by atoms with Crippen molar-refractivity contribution >= 4 is 39.4 Å². The fourth-order valence-electron chi connectivity index (χ4n) is 2.88. The minimum absolute atomic E-state index is 0.0779. The summed E-state index contributed by atoms with van der Waals surface area (Å²) in [5, 5.41) is 4.30. The zero-order valence-electron chi connectivity index (χ0n) is 17.1. The molecule has 3 rings (SSSR count). The number of rotatable bonds is 7. The monoisotopic (exact) mass is 455 g/mol. The van der Waals surface area contributed by atoms with Gasteiger partial charge in [0.15, 0.2) is 0 Å². The molecule has 0 saturated carbocycles. The van der Waals surface area contributed by atoms with Gasteiger partial charge in [0, 0.05) is 5.02 Å². The zero-order valence-corrected chi connectivity index (χ0v) is 18.7. The molecule has 6 nitrogen and oxygen atoms in total. The van der Waals surface area contributed by atoms with Crippen molar-refractivity contribution in [2.24, 2.45) is 5.10 Å². The predicted molar refractivity (Wildman–Crippen MR) is 124 cm³/mol. The highest BCUT2D eigenvalue weighted by Crippen LogP contribution is 2.26.